The van der Waals surface area contributed by atoms with E-state index in [0.717, 1.165) is 5.56 Å². The van der Waals surface area contributed by atoms with Crippen LogP contribution in [0.15, 0.2) is 11.0 Å². The number of nitrogens with zero attached hydrogens (tertiary/aromatic N) is 4. The van der Waals surface area contributed by atoms with Crippen LogP contribution in [0.3, 0.4) is 0 Å². The van der Waals surface area contributed by atoms with E-state index in [1.807, 2.05) is 6.92 Å². The normalized spacial score (nSPS) is 26.5. The molecule has 1 aliphatic heterocycles. The minimum atomic E-state index is -0.787. The Balaban J connectivity index is 2.09. The van der Waals surface area contributed by atoms with E-state index in [0.29, 0.717) is 11.5 Å². The molecule has 2 aromatic rings. The van der Waals surface area contributed by atoms with Crippen molar-refractivity contribution in [1.82, 2.24) is 19.2 Å². The van der Waals surface area contributed by atoms with Crippen molar-refractivity contribution in [3.05, 3.63) is 28.1 Å². The Morgan fingerprint density at radius 3 is 2.90 bits per heavy atom. The number of aliphatic hydroxyl groups excluding tert-OH is 2. The highest BCUT2D eigenvalue weighted by atomic mass is 16.5. The second-order valence-corrected chi connectivity index (χ2v) is 5.01. The number of aliphatic hydroxyl groups is 2. The third-order valence-corrected chi connectivity index (χ3v) is 3.49. The molecule has 3 atom stereocenters. The molecule has 0 radical (unpaired) electrons. The molecule has 8 nitrogen and oxygen atoms in total. The number of hydrogen-bond donors (Lipinski definition) is 2. The van der Waals surface area contributed by atoms with Crippen LogP contribution in [-0.4, -0.2) is 48.2 Å². The van der Waals surface area contributed by atoms with Gasteiger partial charge in [-0.25, -0.2) is 9.78 Å². The summed E-state index contributed by atoms with van der Waals surface area (Å²) in [5, 5.41) is 22.9. The van der Waals surface area contributed by atoms with Crippen LogP contribution >= 0.6 is 0 Å². The molecule has 0 amide bonds. The minimum absolute atomic E-state index is 0.254. The van der Waals surface area contributed by atoms with Gasteiger partial charge in [-0.1, -0.05) is 0 Å². The van der Waals surface area contributed by atoms with Crippen LogP contribution in [0, 0.1) is 13.8 Å². The van der Waals surface area contributed by atoms with Crippen LogP contribution in [0.2, 0.25) is 0 Å². The smallest absolute Gasteiger partial charge is 0.352 e. The highest BCUT2D eigenvalue weighted by molar-refractivity contribution is 5.44. The first-order valence-electron chi connectivity index (χ1n) is 6.40. The molecule has 3 heterocycles. The van der Waals surface area contributed by atoms with Crippen LogP contribution < -0.4 is 5.69 Å². The zero-order valence-corrected chi connectivity index (χ0v) is 11.2. The maximum Gasteiger partial charge on any atom is 0.352 e. The standard InChI is InChI=1S/C12H16N4O4/c1-6-4-15(10-3-8(18)9(5-17)20-10)12(19)16-11(6)13-7(2)14-16/h4,8-10,17-18H,3,5H2,1-2H3/t8-,9+,10+/m0/s1. The van der Waals surface area contributed by atoms with Crippen LogP contribution in [0.25, 0.3) is 5.65 Å². The van der Waals surface area contributed by atoms with Gasteiger partial charge in [0.1, 0.15) is 18.2 Å². The number of hydrogen-bond acceptors (Lipinski definition) is 6. The van der Waals surface area contributed by atoms with Gasteiger partial charge < -0.3 is 14.9 Å². The summed E-state index contributed by atoms with van der Waals surface area (Å²) >= 11 is 0. The molecular formula is C12H16N4O4. The van der Waals surface area contributed by atoms with E-state index >= 15 is 0 Å². The van der Waals surface area contributed by atoms with Gasteiger partial charge in [0.25, 0.3) is 0 Å². The van der Waals surface area contributed by atoms with Crippen molar-refractivity contribution in [3.63, 3.8) is 0 Å². The average molecular weight is 280 g/mol. The third-order valence-electron chi connectivity index (χ3n) is 3.49. The summed E-state index contributed by atoms with van der Waals surface area (Å²) < 4.78 is 8.11. The highest BCUT2D eigenvalue weighted by Crippen LogP contribution is 2.27. The van der Waals surface area contributed by atoms with E-state index < -0.39 is 18.4 Å². The van der Waals surface area contributed by atoms with E-state index in [2.05, 4.69) is 10.1 Å². The van der Waals surface area contributed by atoms with Gasteiger partial charge in [0.15, 0.2) is 5.65 Å². The number of ether oxygens (including phenoxy) is 1. The van der Waals surface area contributed by atoms with Crippen molar-refractivity contribution in [3.8, 4) is 0 Å². The summed E-state index contributed by atoms with van der Waals surface area (Å²) in [6.07, 6.45) is -0.166. The molecule has 0 spiro atoms. The Labute approximate surface area is 114 Å². The molecule has 0 saturated carbocycles. The van der Waals surface area contributed by atoms with E-state index in [1.54, 1.807) is 13.1 Å². The number of aryl methyl sites for hydroxylation is 2. The summed E-state index contributed by atoms with van der Waals surface area (Å²) in [4.78, 5) is 16.6. The van der Waals surface area contributed by atoms with Crippen molar-refractivity contribution < 1.29 is 14.9 Å². The van der Waals surface area contributed by atoms with Gasteiger partial charge in [-0.3, -0.25) is 4.57 Å². The fraction of sp³-hybridized carbons (Fsp3) is 0.583. The van der Waals surface area contributed by atoms with E-state index in [-0.39, 0.29) is 18.7 Å². The van der Waals surface area contributed by atoms with Gasteiger partial charge in [-0.2, -0.15) is 4.52 Å². The van der Waals surface area contributed by atoms with Crippen molar-refractivity contribution in [2.45, 2.75) is 38.7 Å². The largest absolute Gasteiger partial charge is 0.394 e. The molecule has 2 N–H and O–H groups in total. The van der Waals surface area contributed by atoms with E-state index in [4.69, 9.17) is 9.84 Å². The van der Waals surface area contributed by atoms with Crippen LogP contribution in [0.1, 0.15) is 24.0 Å². The second-order valence-electron chi connectivity index (χ2n) is 5.01. The number of fused-ring (bicyclic) bond motifs is 1. The molecule has 3 rings (SSSR count). The first-order chi connectivity index (χ1) is 9.51. The fourth-order valence-corrected chi connectivity index (χ4v) is 2.49. The topological polar surface area (TPSA) is 102 Å². The van der Waals surface area contributed by atoms with Crippen LogP contribution in [-0.2, 0) is 4.74 Å². The molecule has 0 aliphatic carbocycles. The Morgan fingerprint density at radius 2 is 2.25 bits per heavy atom. The lowest BCUT2D eigenvalue weighted by Crippen LogP contribution is -2.31. The summed E-state index contributed by atoms with van der Waals surface area (Å²) in [6.45, 7) is 3.26. The maximum atomic E-state index is 12.4. The number of rotatable bonds is 2. The Hall–Kier alpha value is -1.77. The molecule has 1 aliphatic rings. The zero-order chi connectivity index (χ0) is 14.4. The Bertz CT molecular complexity index is 707. The SMILES string of the molecule is Cc1nc2c(C)cn([C@H]3C[C@H](O)[C@@H](CO)O3)c(=O)n2n1. The highest BCUT2D eigenvalue weighted by Gasteiger charge is 2.35. The van der Waals surface area contributed by atoms with Gasteiger partial charge in [0.05, 0.1) is 12.7 Å². The molecule has 8 heteroatoms. The second kappa shape index (κ2) is 4.65. The lowest BCUT2D eigenvalue weighted by Gasteiger charge is -2.15. The molecule has 0 unspecified atom stereocenters. The predicted octanol–water partition coefficient (Wildman–Crippen LogP) is -0.851. The summed E-state index contributed by atoms with van der Waals surface area (Å²) in [5.74, 6) is 0.517. The van der Waals surface area contributed by atoms with Gasteiger partial charge in [-0.05, 0) is 13.8 Å². The van der Waals surface area contributed by atoms with Crippen LogP contribution in [0.5, 0.6) is 0 Å². The predicted molar refractivity (Wildman–Crippen MR) is 68.3 cm³/mol. The van der Waals surface area contributed by atoms with Gasteiger partial charge in [-0.15, -0.1) is 5.10 Å². The zero-order valence-electron chi connectivity index (χ0n) is 11.2. The van der Waals surface area contributed by atoms with Crippen molar-refractivity contribution >= 4 is 5.65 Å². The summed E-state index contributed by atoms with van der Waals surface area (Å²) in [6, 6.07) is 0. The number of aromatic nitrogens is 4. The fourth-order valence-electron chi connectivity index (χ4n) is 2.49. The van der Waals surface area contributed by atoms with Gasteiger partial charge >= 0.3 is 5.69 Å². The molecule has 2 aromatic heterocycles. The van der Waals surface area contributed by atoms with E-state index in [9.17, 15) is 9.90 Å². The Morgan fingerprint density at radius 1 is 1.50 bits per heavy atom. The third kappa shape index (κ3) is 1.92. The molecule has 1 saturated heterocycles. The summed E-state index contributed by atoms with van der Waals surface area (Å²) in [7, 11) is 0. The van der Waals surface area contributed by atoms with Crippen molar-refractivity contribution in [2.24, 2.45) is 0 Å². The minimum Gasteiger partial charge on any atom is -0.394 e. The average Bonchev–Trinajstić information content (AvgIpc) is 2.97. The van der Waals surface area contributed by atoms with Gasteiger partial charge in [0, 0.05) is 18.2 Å². The molecule has 0 aromatic carbocycles. The molecule has 108 valence electrons. The molecule has 0 bridgehead atoms. The molecular weight excluding hydrogens is 264 g/mol. The monoisotopic (exact) mass is 280 g/mol. The first-order valence-corrected chi connectivity index (χ1v) is 6.40. The first kappa shape index (κ1) is 13.2. The van der Waals surface area contributed by atoms with Crippen LogP contribution in [0.4, 0.5) is 0 Å². The lowest BCUT2D eigenvalue weighted by molar-refractivity contribution is -0.0461. The molecule has 20 heavy (non-hydrogen) atoms. The molecule has 1 fully saturated rings. The lowest BCUT2D eigenvalue weighted by atomic mass is 10.2. The van der Waals surface area contributed by atoms with Crippen molar-refractivity contribution in [1.29, 1.82) is 0 Å². The summed E-state index contributed by atoms with van der Waals surface area (Å²) in [5.41, 5.74) is 0.929. The van der Waals surface area contributed by atoms with Gasteiger partial charge in [0.2, 0.25) is 0 Å². The quantitative estimate of drug-likeness (QED) is 0.743. The maximum absolute atomic E-state index is 12.4. The van der Waals surface area contributed by atoms with E-state index in [1.165, 1.54) is 9.08 Å². The Kier molecular flexibility index (Phi) is 3.08. The van der Waals surface area contributed by atoms with Crippen molar-refractivity contribution in [2.75, 3.05) is 6.61 Å².